The number of aryl methyl sites for hydroxylation is 1. The molecule has 102 valence electrons. The Morgan fingerprint density at radius 2 is 1.90 bits per heavy atom. The zero-order valence-electron chi connectivity index (χ0n) is 11.5. The van der Waals surface area contributed by atoms with E-state index in [4.69, 9.17) is 11.6 Å². The maximum absolute atomic E-state index is 12.5. The first-order valence-electron chi connectivity index (χ1n) is 6.63. The molecular weight excluding hydrogens is 268 g/mol. The number of allylic oxidation sites excluding steroid dienone is 1. The molecule has 0 aromatic heterocycles. The molecule has 0 spiro atoms. The van der Waals surface area contributed by atoms with Crippen molar-refractivity contribution in [1.29, 1.82) is 0 Å². The average molecular weight is 285 g/mol. The van der Waals surface area contributed by atoms with Gasteiger partial charge in [-0.3, -0.25) is 4.79 Å². The van der Waals surface area contributed by atoms with E-state index in [-0.39, 0.29) is 5.78 Å². The SMILES string of the molecule is C=CCCc1cccc(C(=O)c2ccc(Cl)cc2)c1C. The summed E-state index contributed by atoms with van der Waals surface area (Å²) in [5.74, 6) is 0.0413. The van der Waals surface area contributed by atoms with Gasteiger partial charge in [-0.1, -0.05) is 35.9 Å². The van der Waals surface area contributed by atoms with Gasteiger partial charge in [-0.05, 0) is 55.2 Å². The highest BCUT2D eigenvalue weighted by molar-refractivity contribution is 6.30. The second kappa shape index (κ2) is 6.53. The van der Waals surface area contributed by atoms with Crippen LogP contribution in [0.4, 0.5) is 0 Å². The van der Waals surface area contributed by atoms with Crippen molar-refractivity contribution >= 4 is 17.4 Å². The molecule has 0 heterocycles. The van der Waals surface area contributed by atoms with Crippen molar-refractivity contribution in [2.24, 2.45) is 0 Å². The van der Waals surface area contributed by atoms with Crippen molar-refractivity contribution in [3.63, 3.8) is 0 Å². The van der Waals surface area contributed by atoms with Gasteiger partial charge in [0.25, 0.3) is 0 Å². The van der Waals surface area contributed by atoms with Crippen LogP contribution in [0.5, 0.6) is 0 Å². The lowest BCUT2D eigenvalue weighted by Gasteiger charge is -2.10. The highest BCUT2D eigenvalue weighted by Gasteiger charge is 2.13. The Bertz CT molecular complexity index is 626. The Kier molecular flexibility index (Phi) is 4.75. The Morgan fingerprint density at radius 3 is 2.55 bits per heavy atom. The number of carbonyl (C=O) groups excluding carboxylic acids is 1. The standard InChI is InChI=1S/C18H17ClO/c1-3-4-6-14-7-5-8-17(13(14)2)18(20)15-9-11-16(19)12-10-15/h3,5,7-12H,1,4,6H2,2H3. The minimum atomic E-state index is 0.0413. The largest absolute Gasteiger partial charge is 0.289 e. The van der Waals surface area contributed by atoms with Crippen LogP contribution < -0.4 is 0 Å². The van der Waals surface area contributed by atoms with Crippen molar-refractivity contribution in [3.05, 3.63) is 82.4 Å². The maximum Gasteiger partial charge on any atom is 0.193 e. The molecule has 0 bridgehead atoms. The average Bonchev–Trinajstić information content (AvgIpc) is 2.46. The molecule has 1 nitrogen and oxygen atoms in total. The molecule has 0 unspecified atom stereocenters. The lowest BCUT2D eigenvalue weighted by atomic mass is 9.94. The Morgan fingerprint density at radius 1 is 1.20 bits per heavy atom. The van der Waals surface area contributed by atoms with Crippen LogP contribution in [-0.2, 0) is 6.42 Å². The normalized spacial score (nSPS) is 10.3. The molecule has 2 aromatic rings. The number of carbonyl (C=O) groups is 1. The van der Waals surface area contributed by atoms with E-state index < -0.39 is 0 Å². The fraction of sp³-hybridized carbons (Fsp3) is 0.167. The minimum absolute atomic E-state index is 0.0413. The summed E-state index contributed by atoms with van der Waals surface area (Å²) in [6.07, 6.45) is 3.73. The van der Waals surface area contributed by atoms with Gasteiger partial charge in [0.1, 0.15) is 0 Å². The molecule has 0 aliphatic rings. The van der Waals surface area contributed by atoms with E-state index >= 15 is 0 Å². The summed E-state index contributed by atoms with van der Waals surface area (Å²) >= 11 is 5.86. The van der Waals surface area contributed by atoms with Crippen molar-refractivity contribution in [2.45, 2.75) is 19.8 Å². The molecule has 20 heavy (non-hydrogen) atoms. The predicted octanol–water partition coefficient (Wildman–Crippen LogP) is 5.00. The summed E-state index contributed by atoms with van der Waals surface area (Å²) in [6, 6.07) is 12.9. The van der Waals surface area contributed by atoms with Crippen LogP contribution in [0.2, 0.25) is 5.02 Å². The van der Waals surface area contributed by atoms with Gasteiger partial charge in [-0.2, -0.15) is 0 Å². The lowest BCUT2D eigenvalue weighted by molar-refractivity contribution is 0.103. The van der Waals surface area contributed by atoms with E-state index in [1.54, 1.807) is 24.3 Å². The highest BCUT2D eigenvalue weighted by atomic mass is 35.5. The van der Waals surface area contributed by atoms with Crippen molar-refractivity contribution < 1.29 is 4.79 Å². The number of hydrogen-bond donors (Lipinski definition) is 0. The summed E-state index contributed by atoms with van der Waals surface area (Å²) in [7, 11) is 0. The predicted molar refractivity (Wildman–Crippen MR) is 84.6 cm³/mol. The van der Waals surface area contributed by atoms with Gasteiger partial charge in [0.05, 0.1) is 0 Å². The van der Waals surface area contributed by atoms with Gasteiger partial charge in [0.15, 0.2) is 5.78 Å². The highest BCUT2D eigenvalue weighted by Crippen LogP contribution is 2.20. The monoisotopic (exact) mass is 284 g/mol. The molecule has 0 aliphatic carbocycles. The molecule has 0 saturated carbocycles. The first-order valence-corrected chi connectivity index (χ1v) is 7.01. The van der Waals surface area contributed by atoms with Gasteiger partial charge in [-0.15, -0.1) is 6.58 Å². The number of rotatable bonds is 5. The molecular formula is C18H17ClO. The van der Waals surface area contributed by atoms with Crippen molar-refractivity contribution in [2.75, 3.05) is 0 Å². The minimum Gasteiger partial charge on any atom is -0.289 e. The smallest absolute Gasteiger partial charge is 0.193 e. The molecule has 0 fully saturated rings. The molecule has 0 saturated heterocycles. The Balaban J connectivity index is 2.34. The Labute approximate surface area is 124 Å². The number of ketones is 1. The summed E-state index contributed by atoms with van der Waals surface area (Å²) in [5, 5.41) is 0.637. The third-order valence-electron chi connectivity index (χ3n) is 3.41. The van der Waals surface area contributed by atoms with E-state index in [2.05, 4.69) is 12.6 Å². The lowest BCUT2D eigenvalue weighted by Crippen LogP contribution is -2.05. The number of benzene rings is 2. The van der Waals surface area contributed by atoms with E-state index in [9.17, 15) is 4.79 Å². The zero-order chi connectivity index (χ0) is 14.5. The Hall–Kier alpha value is -1.86. The van der Waals surface area contributed by atoms with Crippen LogP contribution in [-0.4, -0.2) is 5.78 Å². The zero-order valence-corrected chi connectivity index (χ0v) is 12.3. The fourth-order valence-corrected chi connectivity index (χ4v) is 2.34. The molecule has 0 aliphatic heterocycles. The molecule has 0 N–H and O–H groups in total. The number of hydrogen-bond acceptors (Lipinski definition) is 1. The van der Waals surface area contributed by atoms with E-state index in [0.29, 0.717) is 10.6 Å². The second-order valence-electron chi connectivity index (χ2n) is 4.75. The van der Waals surface area contributed by atoms with Crippen LogP contribution in [0, 0.1) is 6.92 Å². The second-order valence-corrected chi connectivity index (χ2v) is 5.19. The maximum atomic E-state index is 12.5. The quantitative estimate of drug-likeness (QED) is 0.558. The van der Waals surface area contributed by atoms with Crippen LogP contribution in [0.1, 0.15) is 33.5 Å². The van der Waals surface area contributed by atoms with Crippen molar-refractivity contribution in [3.8, 4) is 0 Å². The van der Waals surface area contributed by atoms with Crippen LogP contribution in [0.25, 0.3) is 0 Å². The van der Waals surface area contributed by atoms with Crippen LogP contribution >= 0.6 is 11.6 Å². The fourth-order valence-electron chi connectivity index (χ4n) is 2.21. The third kappa shape index (κ3) is 3.17. The van der Waals surface area contributed by atoms with E-state index in [1.165, 1.54) is 5.56 Å². The first-order chi connectivity index (χ1) is 9.63. The van der Waals surface area contributed by atoms with Gasteiger partial charge in [0, 0.05) is 16.1 Å². The van der Waals surface area contributed by atoms with Gasteiger partial charge >= 0.3 is 0 Å². The van der Waals surface area contributed by atoms with Gasteiger partial charge < -0.3 is 0 Å². The molecule has 0 radical (unpaired) electrons. The summed E-state index contributed by atoms with van der Waals surface area (Å²) in [5.41, 5.74) is 3.67. The first kappa shape index (κ1) is 14.5. The van der Waals surface area contributed by atoms with Crippen LogP contribution in [0.3, 0.4) is 0 Å². The third-order valence-corrected chi connectivity index (χ3v) is 3.67. The molecule has 0 atom stereocenters. The molecule has 2 aromatic carbocycles. The summed E-state index contributed by atoms with van der Waals surface area (Å²) < 4.78 is 0. The van der Waals surface area contributed by atoms with Gasteiger partial charge in [0.2, 0.25) is 0 Å². The molecule has 0 amide bonds. The number of halogens is 1. The van der Waals surface area contributed by atoms with E-state index in [1.807, 2.05) is 25.1 Å². The van der Waals surface area contributed by atoms with Gasteiger partial charge in [-0.25, -0.2) is 0 Å². The topological polar surface area (TPSA) is 17.1 Å². The van der Waals surface area contributed by atoms with E-state index in [0.717, 1.165) is 24.0 Å². The van der Waals surface area contributed by atoms with Crippen molar-refractivity contribution in [1.82, 2.24) is 0 Å². The molecule has 2 rings (SSSR count). The van der Waals surface area contributed by atoms with Crippen LogP contribution in [0.15, 0.2) is 55.1 Å². The summed E-state index contributed by atoms with van der Waals surface area (Å²) in [4.78, 5) is 12.5. The molecule has 2 heteroatoms. The summed E-state index contributed by atoms with van der Waals surface area (Å²) in [6.45, 7) is 5.74.